The van der Waals surface area contributed by atoms with Crippen LogP contribution in [0.3, 0.4) is 0 Å². The number of alkyl halides is 3. The Morgan fingerprint density at radius 2 is 1.57 bits per heavy atom. The Morgan fingerprint density at radius 3 is 2.20 bits per heavy atom. The number of furan rings is 1. The normalized spacial score (nSPS) is 13.9. The second-order valence-corrected chi connectivity index (χ2v) is 15.0. The maximum atomic E-state index is 14.3. The first-order chi connectivity index (χ1) is 21.7. The highest BCUT2D eigenvalue weighted by Crippen LogP contribution is 2.37. The molecule has 13 heteroatoms. The molecule has 5 rings (SSSR count). The van der Waals surface area contributed by atoms with Crippen LogP contribution in [0.1, 0.15) is 48.0 Å². The molecule has 0 unspecified atom stereocenters. The van der Waals surface area contributed by atoms with Crippen LogP contribution in [0.4, 0.5) is 13.2 Å². The second kappa shape index (κ2) is 13.0. The van der Waals surface area contributed by atoms with Gasteiger partial charge in [0.1, 0.15) is 23.0 Å². The highest BCUT2D eigenvalue weighted by atomic mass is 32.2. The van der Waals surface area contributed by atoms with Crippen molar-refractivity contribution in [1.82, 2.24) is 4.31 Å². The number of carbonyl (C=O) groups is 1. The number of halogens is 3. The summed E-state index contributed by atoms with van der Waals surface area (Å²) < 4.78 is 105. The van der Waals surface area contributed by atoms with E-state index in [9.17, 15) is 34.8 Å². The van der Waals surface area contributed by atoms with Crippen molar-refractivity contribution in [2.75, 3.05) is 12.9 Å². The van der Waals surface area contributed by atoms with Crippen LogP contribution < -0.4 is 4.74 Å². The average molecular weight is 676 g/mol. The first-order valence-electron chi connectivity index (χ1n) is 14.5. The first kappa shape index (κ1) is 33.4. The molecule has 8 nitrogen and oxygen atoms in total. The fourth-order valence-electron chi connectivity index (χ4n) is 5.61. The quantitative estimate of drug-likeness (QED) is 0.176. The monoisotopic (exact) mass is 675 g/mol. The molecule has 3 aromatic carbocycles. The zero-order valence-electron chi connectivity index (χ0n) is 25.1. The molecule has 0 saturated carbocycles. The van der Waals surface area contributed by atoms with E-state index in [1.54, 1.807) is 42.5 Å². The molecular weight excluding hydrogens is 643 g/mol. The van der Waals surface area contributed by atoms with E-state index in [0.29, 0.717) is 40.8 Å². The molecule has 1 aliphatic rings. The smallest absolute Gasteiger partial charge is 0.449 e. The summed E-state index contributed by atoms with van der Waals surface area (Å²) in [6, 6.07) is 17.8. The van der Waals surface area contributed by atoms with Crippen LogP contribution in [0, 0.1) is 0 Å². The van der Waals surface area contributed by atoms with Crippen molar-refractivity contribution in [2.45, 2.75) is 61.7 Å². The average Bonchev–Trinajstić information content (AvgIpc) is 3.49. The van der Waals surface area contributed by atoms with Crippen LogP contribution in [0.5, 0.6) is 5.75 Å². The summed E-state index contributed by atoms with van der Waals surface area (Å²) in [7, 11) is -6.54. The molecule has 0 fully saturated rings. The molecule has 244 valence electrons. The van der Waals surface area contributed by atoms with Crippen molar-refractivity contribution in [3.63, 3.8) is 0 Å². The van der Waals surface area contributed by atoms with Crippen LogP contribution in [-0.4, -0.2) is 39.8 Å². The summed E-state index contributed by atoms with van der Waals surface area (Å²) in [4.78, 5) is 11.5. The molecule has 1 heterocycles. The third-order valence-electron chi connectivity index (χ3n) is 7.79. The van der Waals surface area contributed by atoms with E-state index in [1.165, 1.54) is 32.2 Å². The highest BCUT2D eigenvalue weighted by molar-refractivity contribution is 7.92. The second-order valence-electron chi connectivity index (χ2n) is 11.2. The van der Waals surface area contributed by atoms with E-state index in [4.69, 9.17) is 9.15 Å². The third kappa shape index (κ3) is 7.21. The van der Waals surface area contributed by atoms with Crippen molar-refractivity contribution < 1.29 is 44.0 Å². The maximum absolute atomic E-state index is 14.3. The SMILES string of the molecule is COc1ccc(S(=O)(=O)N(Cc2ccc(-c3cccc(S(=O)(=O)CC(C)=O)c3)cc2)Cc2ccc(C(F)(F)F)o2)c2c1CCCC2. The van der Waals surface area contributed by atoms with Crippen molar-refractivity contribution in [3.8, 4) is 16.9 Å². The number of Topliss-reactive ketones (excluding diaryl/α,β-unsaturated/α-hetero) is 1. The van der Waals surface area contributed by atoms with E-state index >= 15 is 0 Å². The van der Waals surface area contributed by atoms with Crippen LogP contribution in [0.25, 0.3) is 11.1 Å². The Balaban J connectivity index is 1.49. The van der Waals surface area contributed by atoms with E-state index < -0.39 is 49.9 Å². The van der Waals surface area contributed by atoms with Crippen molar-refractivity contribution in [3.05, 3.63) is 101 Å². The summed E-state index contributed by atoms with van der Waals surface area (Å²) in [6.07, 6.45) is -1.90. The maximum Gasteiger partial charge on any atom is 0.449 e. The zero-order valence-corrected chi connectivity index (χ0v) is 26.8. The lowest BCUT2D eigenvalue weighted by molar-refractivity contribution is -0.153. The van der Waals surface area contributed by atoms with Gasteiger partial charge in [-0.15, -0.1) is 0 Å². The largest absolute Gasteiger partial charge is 0.496 e. The van der Waals surface area contributed by atoms with Crippen molar-refractivity contribution in [1.29, 1.82) is 0 Å². The van der Waals surface area contributed by atoms with Crippen LogP contribution in [0.2, 0.25) is 0 Å². The molecule has 1 aliphatic carbocycles. The Bertz CT molecular complexity index is 1970. The fraction of sp³-hybridized carbons (Fsp3) is 0.303. The van der Waals surface area contributed by atoms with Crippen molar-refractivity contribution in [2.24, 2.45) is 0 Å². The minimum absolute atomic E-state index is 0.000965. The number of sulfonamides is 1. The van der Waals surface area contributed by atoms with Crippen LogP contribution in [0.15, 0.2) is 87.0 Å². The fourth-order valence-corrected chi connectivity index (χ4v) is 8.58. The molecule has 1 aromatic heterocycles. The molecule has 4 aromatic rings. The number of methoxy groups -OCH3 is 1. The molecule has 0 bridgehead atoms. The van der Waals surface area contributed by atoms with Gasteiger partial charge in [-0.25, -0.2) is 16.8 Å². The molecule has 0 radical (unpaired) electrons. The molecule has 0 saturated heterocycles. The number of carbonyl (C=O) groups excluding carboxylic acids is 1. The van der Waals surface area contributed by atoms with E-state index in [-0.39, 0.29) is 22.1 Å². The van der Waals surface area contributed by atoms with Gasteiger partial charge >= 0.3 is 6.18 Å². The number of nitrogens with zero attached hydrogens (tertiary/aromatic N) is 1. The van der Waals surface area contributed by atoms with Gasteiger partial charge in [0, 0.05) is 6.54 Å². The lowest BCUT2D eigenvalue weighted by atomic mass is 9.91. The Kier molecular flexibility index (Phi) is 9.48. The predicted molar refractivity (Wildman–Crippen MR) is 164 cm³/mol. The molecule has 0 N–H and O–H groups in total. The van der Waals surface area contributed by atoms with Gasteiger partial charge in [0.05, 0.1) is 23.4 Å². The summed E-state index contributed by atoms with van der Waals surface area (Å²) in [6.45, 7) is 0.573. The number of fused-ring (bicyclic) bond motifs is 1. The standard InChI is InChI=1S/C33H32F3NO7S2/c1-22(38)21-45(39,40)27-7-5-6-25(18-27)24-12-10-23(11-13-24)19-37(20-26-14-17-32(44-26)33(34,35)36)46(41,42)31-16-15-30(43-2)28-8-3-4-9-29(28)31/h5-7,10-18H,3-4,8-9,19-21H2,1-2H3. The van der Waals surface area contributed by atoms with Gasteiger partial charge < -0.3 is 9.15 Å². The minimum atomic E-state index is -4.73. The van der Waals surface area contributed by atoms with Gasteiger partial charge in [0.2, 0.25) is 15.8 Å². The molecule has 46 heavy (non-hydrogen) atoms. The Labute approximate surface area is 265 Å². The predicted octanol–water partition coefficient (Wildman–Crippen LogP) is 6.61. The number of ether oxygens (including phenoxy) is 1. The van der Waals surface area contributed by atoms with Gasteiger partial charge in [-0.2, -0.15) is 17.5 Å². The number of benzene rings is 3. The number of ketones is 1. The lowest BCUT2D eigenvalue weighted by Gasteiger charge is -2.26. The van der Waals surface area contributed by atoms with Gasteiger partial charge in [-0.1, -0.05) is 36.4 Å². The number of hydrogen-bond donors (Lipinski definition) is 0. The number of rotatable bonds is 11. The Morgan fingerprint density at radius 1 is 0.870 bits per heavy atom. The van der Waals surface area contributed by atoms with Crippen LogP contribution >= 0.6 is 0 Å². The summed E-state index contributed by atoms with van der Waals surface area (Å²) in [5.74, 6) is -1.89. The first-order valence-corrected chi connectivity index (χ1v) is 17.5. The topological polar surface area (TPSA) is 111 Å². The van der Waals surface area contributed by atoms with Crippen molar-refractivity contribution >= 4 is 25.6 Å². The highest BCUT2D eigenvalue weighted by Gasteiger charge is 2.36. The summed E-state index contributed by atoms with van der Waals surface area (Å²) in [5.41, 5.74) is 3.20. The Hall–Kier alpha value is -3.94. The van der Waals surface area contributed by atoms with E-state index in [1.807, 2.05) is 0 Å². The minimum Gasteiger partial charge on any atom is -0.496 e. The van der Waals surface area contributed by atoms with E-state index in [2.05, 4.69) is 0 Å². The lowest BCUT2D eigenvalue weighted by Crippen LogP contribution is -2.31. The molecular formula is C33H32F3NO7S2. The summed E-state index contributed by atoms with van der Waals surface area (Å²) in [5, 5.41) is 0. The number of hydrogen-bond acceptors (Lipinski definition) is 7. The summed E-state index contributed by atoms with van der Waals surface area (Å²) >= 11 is 0. The molecule has 0 atom stereocenters. The van der Waals surface area contributed by atoms with Gasteiger partial charge in [0.25, 0.3) is 0 Å². The number of sulfone groups is 1. The molecule has 0 aliphatic heterocycles. The van der Waals surface area contributed by atoms with E-state index in [0.717, 1.165) is 34.8 Å². The van der Waals surface area contributed by atoms with Crippen LogP contribution in [-0.2, 0) is 56.8 Å². The third-order valence-corrected chi connectivity index (χ3v) is 11.4. The molecule has 0 spiro atoms. The molecule has 0 amide bonds. The van der Waals surface area contributed by atoms with Gasteiger partial charge in [-0.05, 0) is 96.8 Å². The zero-order chi connectivity index (χ0) is 33.3. The van der Waals surface area contributed by atoms with Gasteiger partial charge in [0.15, 0.2) is 9.84 Å². The van der Waals surface area contributed by atoms with Gasteiger partial charge in [-0.3, -0.25) is 4.79 Å².